The van der Waals surface area contributed by atoms with E-state index in [1.165, 1.54) is 17.0 Å². The number of aliphatic hydroxyl groups is 1. The second kappa shape index (κ2) is 6.75. The van der Waals surface area contributed by atoms with Crippen molar-refractivity contribution in [2.24, 2.45) is 0 Å². The number of benzene rings is 1. The maximum absolute atomic E-state index is 13.1. The molecule has 1 amide bonds. The molecule has 24 heavy (non-hydrogen) atoms. The average Bonchev–Trinajstić information content (AvgIpc) is 3.14. The largest absolute Gasteiger partial charge is 0.392 e. The number of halogens is 1. The Balaban J connectivity index is 1.75. The van der Waals surface area contributed by atoms with Crippen LogP contribution in [0.15, 0.2) is 36.4 Å². The SMILES string of the molecule is CN(C)C(=O)c1ccc(CN2C[C@@H](O)C[C@H]2c2ccc(F)cc2)[nH]1. The molecule has 2 heterocycles. The van der Waals surface area contributed by atoms with Gasteiger partial charge in [-0.2, -0.15) is 0 Å². The highest BCUT2D eigenvalue weighted by atomic mass is 19.1. The summed E-state index contributed by atoms with van der Waals surface area (Å²) in [6.07, 6.45) is 0.216. The minimum absolute atomic E-state index is 0.0388. The molecule has 0 bridgehead atoms. The van der Waals surface area contributed by atoms with Gasteiger partial charge in [-0.05, 0) is 36.2 Å². The molecule has 3 rings (SSSR count). The number of aliphatic hydroxyl groups excluding tert-OH is 1. The van der Waals surface area contributed by atoms with Gasteiger partial charge in [0, 0.05) is 38.9 Å². The fourth-order valence-corrected chi connectivity index (χ4v) is 3.20. The first-order valence-corrected chi connectivity index (χ1v) is 8.01. The molecule has 1 aromatic carbocycles. The van der Waals surface area contributed by atoms with Gasteiger partial charge in [0.2, 0.25) is 0 Å². The van der Waals surface area contributed by atoms with E-state index in [9.17, 15) is 14.3 Å². The lowest BCUT2D eigenvalue weighted by Crippen LogP contribution is -2.25. The molecule has 0 spiro atoms. The molecule has 5 nitrogen and oxygen atoms in total. The van der Waals surface area contributed by atoms with Crippen LogP contribution in [0.25, 0.3) is 0 Å². The molecular weight excluding hydrogens is 309 g/mol. The molecular formula is C18H22FN3O2. The van der Waals surface area contributed by atoms with Crippen molar-refractivity contribution in [1.29, 1.82) is 0 Å². The van der Waals surface area contributed by atoms with E-state index >= 15 is 0 Å². The van der Waals surface area contributed by atoms with Crippen LogP contribution in [0.3, 0.4) is 0 Å². The molecule has 0 aliphatic carbocycles. The summed E-state index contributed by atoms with van der Waals surface area (Å²) < 4.78 is 13.1. The normalized spacial score (nSPS) is 21.2. The highest BCUT2D eigenvalue weighted by molar-refractivity contribution is 5.92. The highest BCUT2D eigenvalue weighted by Gasteiger charge is 2.32. The molecule has 2 aromatic rings. The van der Waals surface area contributed by atoms with Crippen LogP contribution >= 0.6 is 0 Å². The molecule has 0 unspecified atom stereocenters. The van der Waals surface area contributed by atoms with Crippen molar-refractivity contribution >= 4 is 5.91 Å². The predicted molar refractivity (Wildman–Crippen MR) is 89.0 cm³/mol. The van der Waals surface area contributed by atoms with Gasteiger partial charge in [-0.15, -0.1) is 0 Å². The fraction of sp³-hybridized carbons (Fsp3) is 0.389. The minimum atomic E-state index is -0.405. The van der Waals surface area contributed by atoms with Crippen molar-refractivity contribution in [2.45, 2.75) is 25.1 Å². The maximum atomic E-state index is 13.1. The number of hydrogen-bond donors (Lipinski definition) is 2. The van der Waals surface area contributed by atoms with Gasteiger partial charge in [-0.3, -0.25) is 9.69 Å². The Kier molecular flexibility index (Phi) is 4.69. The number of likely N-dealkylation sites (tertiary alicyclic amines) is 1. The Morgan fingerprint density at radius 1 is 1.29 bits per heavy atom. The van der Waals surface area contributed by atoms with E-state index in [2.05, 4.69) is 9.88 Å². The number of H-pyrrole nitrogens is 1. The van der Waals surface area contributed by atoms with E-state index in [-0.39, 0.29) is 17.8 Å². The molecule has 128 valence electrons. The monoisotopic (exact) mass is 331 g/mol. The summed E-state index contributed by atoms with van der Waals surface area (Å²) in [7, 11) is 3.43. The lowest BCUT2D eigenvalue weighted by molar-refractivity contribution is 0.0822. The Bertz CT molecular complexity index is 711. The third kappa shape index (κ3) is 3.49. The van der Waals surface area contributed by atoms with Gasteiger partial charge >= 0.3 is 0 Å². The first-order chi connectivity index (χ1) is 11.4. The molecule has 1 aliphatic rings. The van der Waals surface area contributed by atoms with E-state index in [1.54, 1.807) is 32.3 Å². The first kappa shape index (κ1) is 16.7. The van der Waals surface area contributed by atoms with E-state index in [0.717, 1.165) is 11.3 Å². The zero-order valence-electron chi connectivity index (χ0n) is 13.9. The first-order valence-electron chi connectivity index (χ1n) is 8.01. The smallest absolute Gasteiger partial charge is 0.269 e. The number of amides is 1. The molecule has 1 fully saturated rings. The van der Waals surface area contributed by atoms with Crippen molar-refractivity contribution in [3.05, 3.63) is 59.2 Å². The van der Waals surface area contributed by atoms with Crippen molar-refractivity contribution in [2.75, 3.05) is 20.6 Å². The van der Waals surface area contributed by atoms with Crippen LogP contribution in [0.5, 0.6) is 0 Å². The van der Waals surface area contributed by atoms with Gasteiger partial charge in [-0.1, -0.05) is 12.1 Å². The number of rotatable bonds is 4. The number of carbonyl (C=O) groups is 1. The van der Waals surface area contributed by atoms with Crippen molar-refractivity contribution in [3.63, 3.8) is 0 Å². The van der Waals surface area contributed by atoms with Gasteiger partial charge in [0.1, 0.15) is 11.5 Å². The van der Waals surface area contributed by atoms with Crippen LogP contribution in [0, 0.1) is 5.82 Å². The van der Waals surface area contributed by atoms with Crippen LogP contribution in [0.2, 0.25) is 0 Å². The van der Waals surface area contributed by atoms with Crippen molar-refractivity contribution in [3.8, 4) is 0 Å². The molecule has 6 heteroatoms. The number of hydrogen-bond acceptors (Lipinski definition) is 3. The number of nitrogens with one attached hydrogen (secondary N) is 1. The summed E-state index contributed by atoms with van der Waals surface area (Å²) in [5.74, 6) is -0.335. The summed E-state index contributed by atoms with van der Waals surface area (Å²) in [6.45, 7) is 1.15. The zero-order valence-corrected chi connectivity index (χ0v) is 13.9. The summed E-state index contributed by atoms with van der Waals surface area (Å²) in [5.41, 5.74) is 2.46. The van der Waals surface area contributed by atoms with E-state index in [1.807, 2.05) is 6.07 Å². The number of carbonyl (C=O) groups excluding carboxylic acids is 1. The Labute approximate surface area is 140 Å². The molecule has 0 saturated carbocycles. The fourth-order valence-electron chi connectivity index (χ4n) is 3.20. The average molecular weight is 331 g/mol. The standard InChI is InChI=1S/C18H22FN3O2/c1-21(2)18(24)16-8-7-14(20-16)10-22-11-15(23)9-17(22)12-3-5-13(19)6-4-12/h3-8,15,17,20,23H,9-11H2,1-2H3/t15-,17-/m0/s1. The summed E-state index contributed by atoms with van der Waals surface area (Å²) >= 11 is 0. The topological polar surface area (TPSA) is 59.6 Å². The van der Waals surface area contributed by atoms with Gasteiger partial charge in [0.25, 0.3) is 5.91 Å². The predicted octanol–water partition coefficient (Wildman–Crippen LogP) is 2.16. The summed E-state index contributed by atoms with van der Waals surface area (Å²) in [4.78, 5) is 18.8. The van der Waals surface area contributed by atoms with Crippen LogP contribution in [-0.4, -0.2) is 52.5 Å². The Hall–Kier alpha value is -2.18. The maximum Gasteiger partial charge on any atom is 0.269 e. The molecule has 2 atom stereocenters. The van der Waals surface area contributed by atoms with Crippen LogP contribution < -0.4 is 0 Å². The lowest BCUT2D eigenvalue weighted by Gasteiger charge is -2.24. The summed E-state index contributed by atoms with van der Waals surface area (Å²) in [6, 6.07) is 10.1. The van der Waals surface area contributed by atoms with Crippen LogP contribution in [0.4, 0.5) is 4.39 Å². The zero-order chi connectivity index (χ0) is 17.3. The quantitative estimate of drug-likeness (QED) is 0.903. The molecule has 2 N–H and O–H groups in total. The van der Waals surface area contributed by atoms with Crippen molar-refractivity contribution < 1.29 is 14.3 Å². The molecule has 1 saturated heterocycles. The molecule has 0 radical (unpaired) electrons. The Morgan fingerprint density at radius 3 is 2.67 bits per heavy atom. The number of nitrogens with zero attached hydrogens (tertiary/aromatic N) is 2. The van der Waals surface area contributed by atoms with Crippen molar-refractivity contribution in [1.82, 2.24) is 14.8 Å². The number of β-amino-alcohol motifs (C(OH)–C–C–N with tert-alkyl or cyclic N) is 1. The number of aromatic nitrogens is 1. The Morgan fingerprint density at radius 2 is 2.00 bits per heavy atom. The van der Waals surface area contributed by atoms with E-state index in [0.29, 0.717) is 25.2 Å². The van der Waals surface area contributed by atoms with Gasteiger partial charge < -0.3 is 15.0 Å². The second-order valence-electron chi connectivity index (χ2n) is 6.48. The number of aromatic amines is 1. The van der Waals surface area contributed by atoms with E-state index in [4.69, 9.17) is 0 Å². The van der Waals surface area contributed by atoms with Gasteiger partial charge in [0.05, 0.1) is 6.10 Å². The second-order valence-corrected chi connectivity index (χ2v) is 6.48. The van der Waals surface area contributed by atoms with E-state index < -0.39 is 6.10 Å². The third-order valence-electron chi connectivity index (χ3n) is 4.39. The minimum Gasteiger partial charge on any atom is -0.392 e. The molecule has 1 aromatic heterocycles. The lowest BCUT2D eigenvalue weighted by atomic mass is 10.0. The highest BCUT2D eigenvalue weighted by Crippen LogP contribution is 2.33. The molecule has 1 aliphatic heterocycles. The van der Waals surface area contributed by atoms with Crippen LogP contribution in [-0.2, 0) is 6.54 Å². The van der Waals surface area contributed by atoms with Gasteiger partial charge in [-0.25, -0.2) is 4.39 Å². The van der Waals surface area contributed by atoms with Gasteiger partial charge in [0.15, 0.2) is 0 Å². The third-order valence-corrected chi connectivity index (χ3v) is 4.39. The van der Waals surface area contributed by atoms with Crippen LogP contribution in [0.1, 0.15) is 34.2 Å². The summed E-state index contributed by atoms with van der Waals surface area (Å²) in [5, 5.41) is 10.0.